The molecule has 0 amide bonds. The van der Waals surface area contributed by atoms with Crippen molar-refractivity contribution in [1.82, 2.24) is 0 Å². The number of ether oxygens (including phenoxy) is 1. The molecule has 0 unspecified atom stereocenters. The highest BCUT2D eigenvalue weighted by Gasteiger charge is 2.10. The van der Waals surface area contributed by atoms with Gasteiger partial charge in [-0.2, -0.15) is 5.26 Å². The third-order valence-electron chi connectivity index (χ3n) is 2.56. The van der Waals surface area contributed by atoms with Crippen LogP contribution in [-0.2, 0) is 4.74 Å². The number of halogens is 1. The van der Waals surface area contributed by atoms with Crippen LogP contribution in [0.25, 0.3) is 0 Å². The number of nitriles is 1. The standard InChI is InChI=1S/C15H10FNO2S/c1-19-15(18)11-4-7-14(13(16)8-11)20-12-5-2-10(9-17)3-6-12/h2-8H,1H3. The quantitative estimate of drug-likeness (QED) is 0.809. The Morgan fingerprint density at radius 1 is 1.25 bits per heavy atom. The summed E-state index contributed by atoms with van der Waals surface area (Å²) in [6.07, 6.45) is 0. The van der Waals surface area contributed by atoms with E-state index in [1.807, 2.05) is 6.07 Å². The van der Waals surface area contributed by atoms with E-state index in [-0.39, 0.29) is 5.56 Å². The molecule has 2 aromatic rings. The number of methoxy groups -OCH3 is 1. The SMILES string of the molecule is COC(=O)c1ccc(Sc2ccc(C#N)cc2)c(F)c1. The molecule has 0 heterocycles. The second kappa shape index (κ2) is 6.22. The molecule has 0 saturated carbocycles. The summed E-state index contributed by atoms with van der Waals surface area (Å²) in [6.45, 7) is 0. The Morgan fingerprint density at radius 3 is 2.50 bits per heavy atom. The van der Waals surface area contributed by atoms with Crippen LogP contribution in [0.5, 0.6) is 0 Å². The molecule has 2 aromatic carbocycles. The summed E-state index contributed by atoms with van der Waals surface area (Å²) in [7, 11) is 1.25. The van der Waals surface area contributed by atoms with Crippen molar-refractivity contribution < 1.29 is 13.9 Å². The van der Waals surface area contributed by atoms with E-state index in [1.54, 1.807) is 24.3 Å². The molecule has 0 saturated heterocycles. The first kappa shape index (κ1) is 14.1. The monoisotopic (exact) mass is 287 g/mol. The van der Waals surface area contributed by atoms with Gasteiger partial charge in [-0.05, 0) is 42.5 Å². The van der Waals surface area contributed by atoms with Gasteiger partial charge in [0, 0.05) is 9.79 Å². The highest BCUT2D eigenvalue weighted by atomic mass is 32.2. The van der Waals surface area contributed by atoms with Crippen molar-refractivity contribution in [2.45, 2.75) is 9.79 Å². The largest absolute Gasteiger partial charge is 0.465 e. The molecule has 0 radical (unpaired) electrons. The van der Waals surface area contributed by atoms with Crippen LogP contribution in [0.3, 0.4) is 0 Å². The Balaban J connectivity index is 2.21. The van der Waals surface area contributed by atoms with E-state index in [2.05, 4.69) is 4.74 Å². The Labute approximate surface area is 120 Å². The fraction of sp³-hybridized carbons (Fsp3) is 0.0667. The lowest BCUT2D eigenvalue weighted by Gasteiger charge is -2.05. The molecule has 0 spiro atoms. The van der Waals surface area contributed by atoms with Crippen LogP contribution in [0.1, 0.15) is 15.9 Å². The number of nitrogens with zero attached hydrogens (tertiary/aromatic N) is 1. The van der Waals surface area contributed by atoms with Crippen LogP contribution in [0.15, 0.2) is 52.3 Å². The molecule has 0 bridgehead atoms. The first-order valence-corrected chi connectivity index (χ1v) is 6.51. The van der Waals surface area contributed by atoms with Crippen molar-refractivity contribution in [3.05, 3.63) is 59.4 Å². The summed E-state index contributed by atoms with van der Waals surface area (Å²) in [6, 6.07) is 13.1. The Bertz CT molecular complexity index is 677. The third-order valence-corrected chi connectivity index (χ3v) is 3.62. The van der Waals surface area contributed by atoms with Crippen LogP contribution in [0.2, 0.25) is 0 Å². The van der Waals surface area contributed by atoms with Crippen LogP contribution >= 0.6 is 11.8 Å². The number of carbonyl (C=O) groups is 1. The fourth-order valence-electron chi connectivity index (χ4n) is 1.55. The zero-order valence-corrected chi connectivity index (χ0v) is 11.4. The van der Waals surface area contributed by atoms with Crippen molar-refractivity contribution in [1.29, 1.82) is 5.26 Å². The number of hydrogen-bond donors (Lipinski definition) is 0. The smallest absolute Gasteiger partial charge is 0.337 e. The number of rotatable bonds is 3. The topological polar surface area (TPSA) is 50.1 Å². The molecule has 0 aliphatic carbocycles. The van der Waals surface area contributed by atoms with Gasteiger partial charge >= 0.3 is 5.97 Å². The van der Waals surface area contributed by atoms with E-state index in [1.165, 1.54) is 31.0 Å². The minimum Gasteiger partial charge on any atom is -0.465 e. The first-order valence-electron chi connectivity index (χ1n) is 5.70. The molecule has 5 heteroatoms. The van der Waals surface area contributed by atoms with Crippen molar-refractivity contribution in [2.24, 2.45) is 0 Å². The van der Waals surface area contributed by atoms with Gasteiger partial charge in [0.25, 0.3) is 0 Å². The van der Waals surface area contributed by atoms with Gasteiger partial charge < -0.3 is 4.74 Å². The van der Waals surface area contributed by atoms with Crippen molar-refractivity contribution in [3.8, 4) is 6.07 Å². The average Bonchev–Trinajstić information content (AvgIpc) is 2.49. The van der Waals surface area contributed by atoms with Gasteiger partial charge in [-0.3, -0.25) is 0 Å². The number of hydrogen-bond acceptors (Lipinski definition) is 4. The third kappa shape index (κ3) is 3.16. The van der Waals surface area contributed by atoms with Crippen molar-refractivity contribution in [3.63, 3.8) is 0 Å². The lowest BCUT2D eigenvalue weighted by Crippen LogP contribution is -2.01. The maximum Gasteiger partial charge on any atom is 0.337 e. The molecular weight excluding hydrogens is 277 g/mol. The first-order chi connectivity index (χ1) is 9.63. The second-order valence-electron chi connectivity index (χ2n) is 3.88. The summed E-state index contributed by atoms with van der Waals surface area (Å²) in [5.41, 5.74) is 0.727. The van der Waals surface area contributed by atoms with E-state index < -0.39 is 11.8 Å². The van der Waals surface area contributed by atoms with E-state index in [0.29, 0.717) is 10.5 Å². The summed E-state index contributed by atoms with van der Waals surface area (Å²) in [5, 5.41) is 8.71. The molecule has 20 heavy (non-hydrogen) atoms. The van der Waals surface area contributed by atoms with Crippen LogP contribution in [0.4, 0.5) is 4.39 Å². The van der Waals surface area contributed by atoms with E-state index in [0.717, 1.165) is 11.0 Å². The molecule has 2 rings (SSSR count). The summed E-state index contributed by atoms with van der Waals surface area (Å²) < 4.78 is 18.4. The normalized spacial score (nSPS) is 9.85. The van der Waals surface area contributed by atoms with Crippen LogP contribution in [0, 0.1) is 17.1 Å². The molecule has 0 aliphatic heterocycles. The minimum absolute atomic E-state index is 0.175. The maximum absolute atomic E-state index is 13.9. The lowest BCUT2D eigenvalue weighted by atomic mass is 10.2. The Hall–Kier alpha value is -2.32. The molecule has 3 nitrogen and oxygen atoms in total. The van der Waals surface area contributed by atoms with Gasteiger partial charge in [0.2, 0.25) is 0 Å². The maximum atomic E-state index is 13.9. The average molecular weight is 287 g/mol. The van der Waals surface area contributed by atoms with E-state index in [4.69, 9.17) is 5.26 Å². The molecule has 0 aliphatic rings. The molecule has 0 fully saturated rings. The van der Waals surface area contributed by atoms with Crippen molar-refractivity contribution in [2.75, 3.05) is 7.11 Å². The summed E-state index contributed by atoms with van der Waals surface area (Å²) in [4.78, 5) is 12.5. The second-order valence-corrected chi connectivity index (χ2v) is 4.99. The van der Waals surface area contributed by atoms with Gasteiger partial charge in [0.1, 0.15) is 5.82 Å². The molecule has 0 N–H and O–H groups in total. The highest BCUT2D eigenvalue weighted by Crippen LogP contribution is 2.30. The molecule has 0 aromatic heterocycles. The number of benzene rings is 2. The molecule has 0 atom stereocenters. The van der Waals surface area contributed by atoms with Crippen LogP contribution < -0.4 is 0 Å². The van der Waals surface area contributed by atoms with Gasteiger partial charge in [-0.1, -0.05) is 11.8 Å². The number of esters is 1. The van der Waals surface area contributed by atoms with Gasteiger partial charge in [0.15, 0.2) is 0 Å². The molecular formula is C15H10FNO2S. The van der Waals surface area contributed by atoms with E-state index in [9.17, 15) is 9.18 Å². The fourth-order valence-corrected chi connectivity index (χ4v) is 2.37. The Morgan fingerprint density at radius 2 is 1.95 bits per heavy atom. The lowest BCUT2D eigenvalue weighted by molar-refractivity contribution is 0.0600. The highest BCUT2D eigenvalue weighted by molar-refractivity contribution is 7.99. The van der Waals surface area contributed by atoms with Gasteiger partial charge in [-0.15, -0.1) is 0 Å². The minimum atomic E-state index is -0.571. The molecule has 100 valence electrons. The van der Waals surface area contributed by atoms with Gasteiger partial charge in [0.05, 0.1) is 24.3 Å². The van der Waals surface area contributed by atoms with E-state index >= 15 is 0 Å². The predicted molar refractivity (Wildman–Crippen MR) is 73.0 cm³/mol. The van der Waals surface area contributed by atoms with Gasteiger partial charge in [-0.25, -0.2) is 9.18 Å². The zero-order valence-electron chi connectivity index (χ0n) is 10.6. The number of carbonyl (C=O) groups excluding carboxylic acids is 1. The zero-order chi connectivity index (χ0) is 14.5. The predicted octanol–water partition coefficient (Wildman–Crippen LogP) is 3.64. The Kier molecular flexibility index (Phi) is 4.38. The van der Waals surface area contributed by atoms with Crippen molar-refractivity contribution >= 4 is 17.7 Å². The summed E-state index contributed by atoms with van der Waals surface area (Å²) >= 11 is 1.22. The summed E-state index contributed by atoms with van der Waals surface area (Å²) in [5.74, 6) is -1.05. The van der Waals surface area contributed by atoms with Crippen LogP contribution in [-0.4, -0.2) is 13.1 Å².